The van der Waals surface area contributed by atoms with Crippen LogP contribution in [0.1, 0.15) is 45.4 Å². The summed E-state index contributed by atoms with van der Waals surface area (Å²) in [7, 11) is 2.33. The number of nitrogens with one attached hydrogen (secondary N) is 1. The molecular weight excluding hydrogens is 234 g/mol. The number of piperidine rings is 1. The Balaban J connectivity index is 1.75. The minimum absolute atomic E-state index is 0.597. The Labute approximate surface area is 119 Å². The van der Waals surface area contributed by atoms with E-state index in [2.05, 4.69) is 29.1 Å². The molecule has 3 nitrogen and oxygen atoms in total. The Morgan fingerprint density at radius 2 is 1.84 bits per heavy atom. The first-order valence-electron chi connectivity index (χ1n) is 8.36. The first-order valence-corrected chi connectivity index (χ1v) is 8.36. The molecule has 2 aliphatic heterocycles. The van der Waals surface area contributed by atoms with Gasteiger partial charge in [-0.15, -0.1) is 0 Å². The molecule has 2 heterocycles. The van der Waals surface area contributed by atoms with E-state index in [9.17, 15) is 0 Å². The van der Waals surface area contributed by atoms with Crippen LogP contribution in [0.3, 0.4) is 0 Å². The molecule has 1 N–H and O–H groups in total. The Bertz CT molecular complexity index is 237. The van der Waals surface area contributed by atoms with Crippen molar-refractivity contribution in [2.24, 2.45) is 5.41 Å². The largest absolute Gasteiger partial charge is 0.317 e. The fraction of sp³-hybridized carbons (Fsp3) is 1.00. The van der Waals surface area contributed by atoms with Crippen molar-refractivity contribution in [3.8, 4) is 0 Å². The van der Waals surface area contributed by atoms with Crippen molar-refractivity contribution in [3.05, 3.63) is 0 Å². The van der Waals surface area contributed by atoms with Gasteiger partial charge in [-0.2, -0.15) is 0 Å². The van der Waals surface area contributed by atoms with Gasteiger partial charge in [0.15, 0.2) is 0 Å². The predicted molar refractivity (Wildman–Crippen MR) is 82.6 cm³/mol. The van der Waals surface area contributed by atoms with Crippen LogP contribution in [0.5, 0.6) is 0 Å². The van der Waals surface area contributed by atoms with Gasteiger partial charge in [0.1, 0.15) is 0 Å². The fourth-order valence-electron chi connectivity index (χ4n) is 3.94. The number of likely N-dealkylation sites (N-methyl/N-ethyl adjacent to an activating group) is 1. The van der Waals surface area contributed by atoms with Gasteiger partial charge in [-0.3, -0.25) is 0 Å². The Kier molecular flexibility index (Phi) is 6.11. The van der Waals surface area contributed by atoms with Crippen LogP contribution in [-0.4, -0.2) is 62.7 Å². The minimum Gasteiger partial charge on any atom is -0.317 e. The van der Waals surface area contributed by atoms with E-state index in [1.54, 1.807) is 0 Å². The second-order valence-electron chi connectivity index (χ2n) is 6.79. The van der Waals surface area contributed by atoms with Gasteiger partial charge in [0.25, 0.3) is 0 Å². The van der Waals surface area contributed by atoms with E-state index >= 15 is 0 Å². The van der Waals surface area contributed by atoms with E-state index in [-0.39, 0.29) is 0 Å². The van der Waals surface area contributed by atoms with Crippen molar-refractivity contribution in [2.45, 2.75) is 45.4 Å². The highest BCUT2D eigenvalue weighted by Crippen LogP contribution is 2.34. The average Bonchev–Trinajstić information content (AvgIpc) is 2.91. The highest BCUT2D eigenvalue weighted by atomic mass is 15.2. The Morgan fingerprint density at radius 1 is 1.16 bits per heavy atom. The monoisotopic (exact) mass is 267 g/mol. The van der Waals surface area contributed by atoms with Crippen LogP contribution in [-0.2, 0) is 0 Å². The first kappa shape index (κ1) is 15.3. The summed E-state index contributed by atoms with van der Waals surface area (Å²) in [6.45, 7) is 11.3. The van der Waals surface area contributed by atoms with Crippen LogP contribution in [0.25, 0.3) is 0 Å². The topological polar surface area (TPSA) is 18.5 Å². The highest BCUT2D eigenvalue weighted by molar-refractivity contribution is 4.87. The van der Waals surface area contributed by atoms with Crippen molar-refractivity contribution in [1.82, 2.24) is 15.1 Å². The first-order chi connectivity index (χ1) is 9.24. The molecule has 112 valence electrons. The standard InChI is InChI=1S/C16H33N3/c1-3-6-16(7-9-17-10-8-16)15-18(2)13-14-19-11-4-5-12-19/h17H,3-15H2,1-2H3. The van der Waals surface area contributed by atoms with Crippen LogP contribution in [0.15, 0.2) is 0 Å². The minimum atomic E-state index is 0.597. The Hall–Kier alpha value is -0.120. The van der Waals surface area contributed by atoms with Crippen molar-refractivity contribution in [1.29, 1.82) is 0 Å². The molecule has 19 heavy (non-hydrogen) atoms. The number of hydrogen-bond acceptors (Lipinski definition) is 3. The van der Waals surface area contributed by atoms with Gasteiger partial charge in [0, 0.05) is 19.6 Å². The normalized spacial score (nSPS) is 24.2. The second kappa shape index (κ2) is 7.61. The molecule has 0 radical (unpaired) electrons. The molecule has 2 fully saturated rings. The lowest BCUT2D eigenvalue weighted by molar-refractivity contribution is 0.110. The van der Waals surface area contributed by atoms with E-state index in [0.717, 1.165) is 0 Å². The summed E-state index contributed by atoms with van der Waals surface area (Å²) >= 11 is 0. The molecule has 2 aliphatic rings. The van der Waals surface area contributed by atoms with Crippen molar-refractivity contribution in [2.75, 3.05) is 52.9 Å². The maximum atomic E-state index is 3.52. The molecule has 0 aromatic heterocycles. The number of likely N-dealkylation sites (tertiary alicyclic amines) is 1. The fourth-order valence-corrected chi connectivity index (χ4v) is 3.94. The van der Waals surface area contributed by atoms with Gasteiger partial charge in [0.05, 0.1) is 0 Å². The van der Waals surface area contributed by atoms with E-state index in [1.165, 1.54) is 84.3 Å². The predicted octanol–water partition coefficient (Wildman–Crippen LogP) is 2.18. The van der Waals surface area contributed by atoms with Gasteiger partial charge in [0.2, 0.25) is 0 Å². The molecule has 0 atom stereocenters. The van der Waals surface area contributed by atoms with E-state index in [4.69, 9.17) is 0 Å². The third-order valence-corrected chi connectivity index (χ3v) is 5.05. The zero-order valence-electron chi connectivity index (χ0n) is 13.1. The maximum absolute atomic E-state index is 3.52. The summed E-state index contributed by atoms with van der Waals surface area (Å²) in [5.74, 6) is 0. The third kappa shape index (κ3) is 4.73. The van der Waals surface area contributed by atoms with Crippen molar-refractivity contribution >= 4 is 0 Å². The van der Waals surface area contributed by atoms with Gasteiger partial charge in [-0.25, -0.2) is 0 Å². The molecule has 2 rings (SSSR count). The average molecular weight is 267 g/mol. The van der Waals surface area contributed by atoms with E-state index in [0.29, 0.717) is 5.41 Å². The lowest BCUT2D eigenvalue weighted by Gasteiger charge is -2.41. The second-order valence-corrected chi connectivity index (χ2v) is 6.79. The molecular formula is C16H33N3. The van der Waals surface area contributed by atoms with Crippen LogP contribution < -0.4 is 5.32 Å². The van der Waals surface area contributed by atoms with Crippen molar-refractivity contribution in [3.63, 3.8) is 0 Å². The molecule has 0 aromatic carbocycles. The van der Waals surface area contributed by atoms with Crippen LogP contribution in [0.4, 0.5) is 0 Å². The third-order valence-electron chi connectivity index (χ3n) is 5.05. The molecule has 0 aliphatic carbocycles. The van der Waals surface area contributed by atoms with Crippen LogP contribution in [0.2, 0.25) is 0 Å². The zero-order chi connectivity index (χ0) is 13.6. The molecule has 3 heteroatoms. The summed E-state index contributed by atoms with van der Waals surface area (Å²) in [5, 5.41) is 3.52. The number of hydrogen-bond donors (Lipinski definition) is 1. The quantitative estimate of drug-likeness (QED) is 0.763. The number of rotatable bonds is 7. The summed E-state index contributed by atoms with van der Waals surface area (Å²) in [6.07, 6.45) is 8.30. The highest BCUT2D eigenvalue weighted by Gasteiger charge is 2.32. The van der Waals surface area contributed by atoms with Gasteiger partial charge in [-0.1, -0.05) is 13.3 Å². The Morgan fingerprint density at radius 3 is 2.47 bits per heavy atom. The number of nitrogens with zero attached hydrogens (tertiary/aromatic N) is 2. The van der Waals surface area contributed by atoms with Crippen molar-refractivity contribution < 1.29 is 0 Å². The lowest BCUT2D eigenvalue weighted by Crippen LogP contribution is -2.45. The van der Waals surface area contributed by atoms with Gasteiger partial charge < -0.3 is 15.1 Å². The molecule has 2 saturated heterocycles. The van der Waals surface area contributed by atoms with Gasteiger partial charge >= 0.3 is 0 Å². The molecule has 0 amide bonds. The summed E-state index contributed by atoms with van der Waals surface area (Å²) in [4.78, 5) is 5.23. The molecule has 0 bridgehead atoms. The molecule has 0 spiro atoms. The summed E-state index contributed by atoms with van der Waals surface area (Å²) in [6, 6.07) is 0. The maximum Gasteiger partial charge on any atom is 0.0109 e. The molecule has 0 unspecified atom stereocenters. The summed E-state index contributed by atoms with van der Waals surface area (Å²) in [5.41, 5.74) is 0.597. The van der Waals surface area contributed by atoms with Gasteiger partial charge in [-0.05, 0) is 70.7 Å². The van der Waals surface area contributed by atoms with Crippen LogP contribution >= 0.6 is 0 Å². The zero-order valence-corrected chi connectivity index (χ0v) is 13.1. The molecule has 0 saturated carbocycles. The summed E-state index contributed by atoms with van der Waals surface area (Å²) < 4.78 is 0. The lowest BCUT2D eigenvalue weighted by atomic mass is 9.75. The molecule has 0 aromatic rings. The van der Waals surface area contributed by atoms with E-state index in [1.807, 2.05) is 0 Å². The van der Waals surface area contributed by atoms with E-state index < -0.39 is 0 Å². The smallest absolute Gasteiger partial charge is 0.0109 e. The SMILES string of the molecule is CCCC1(CN(C)CCN2CCCC2)CCNCC1. The van der Waals surface area contributed by atoms with Crippen LogP contribution in [0, 0.1) is 5.41 Å².